The van der Waals surface area contributed by atoms with Crippen molar-refractivity contribution >= 4 is 28.9 Å². The number of esters is 3. The third-order valence-corrected chi connectivity index (χ3v) is 7.28. The predicted octanol–water partition coefficient (Wildman–Crippen LogP) is 5.32. The number of aryl methyl sites for hydroxylation is 1. The van der Waals surface area contributed by atoms with E-state index in [1.807, 2.05) is 35.9 Å². The predicted molar refractivity (Wildman–Crippen MR) is 156 cm³/mol. The van der Waals surface area contributed by atoms with Gasteiger partial charge in [-0.1, -0.05) is 66.7 Å². The van der Waals surface area contributed by atoms with Crippen LogP contribution in [0.25, 0.3) is 11.0 Å². The zero-order valence-electron chi connectivity index (χ0n) is 23.2. The Hall–Kier alpha value is -5.28. The number of fused-ring (bicyclic) bond motifs is 1. The molecule has 4 aromatic carbocycles. The van der Waals surface area contributed by atoms with Crippen molar-refractivity contribution in [3.63, 3.8) is 0 Å². The van der Waals surface area contributed by atoms with Crippen LogP contribution in [0.4, 0.5) is 0 Å². The number of nitrogens with zero attached hydrogens (tertiary/aromatic N) is 2. The smallest absolute Gasteiger partial charge is 0.338 e. The Kier molecular flexibility index (Phi) is 7.97. The van der Waals surface area contributed by atoms with Gasteiger partial charge in [-0.25, -0.2) is 19.4 Å². The number of benzene rings is 4. The molecule has 43 heavy (non-hydrogen) atoms. The van der Waals surface area contributed by atoms with Crippen LogP contribution in [0.2, 0.25) is 0 Å². The zero-order chi connectivity index (χ0) is 29.8. The number of rotatable bonds is 8. The number of ether oxygens (including phenoxy) is 4. The molecule has 0 spiro atoms. The largest absolute Gasteiger partial charge is 0.459 e. The van der Waals surface area contributed by atoms with Crippen molar-refractivity contribution in [2.45, 2.75) is 24.4 Å². The number of hydrogen-bond acceptors (Lipinski definition) is 8. The van der Waals surface area contributed by atoms with E-state index in [1.165, 1.54) is 0 Å². The van der Waals surface area contributed by atoms with Gasteiger partial charge in [-0.2, -0.15) is 0 Å². The molecular weight excluding hydrogens is 548 g/mol. The van der Waals surface area contributed by atoms with Crippen molar-refractivity contribution in [1.82, 2.24) is 9.55 Å². The van der Waals surface area contributed by atoms with Crippen LogP contribution in [0.1, 0.15) is 43.0 Å². The standard InChI is InChI=1S/C34H28N2O7/c1-36-26-20-12-11-19-25(26)35-31(36)30-29(43-34(39)24-17-9-4-10-18-24)28(42-33(38)23-15-7-3-8-16-23)27(41-30)21-40-32(37)22-13-5-2-6-14-22/h2-20,27-30H,21H2,1H3/t27-,28-,29-,30-/m1/s1. The van der Waals surface area contributed by atoms with Crippen molar-refractivity contribution in [3.8, 4) is 0 Å². The second-order valence-corrected chi connectivity index (χ2v) is 10.0. The van der Waals surface area contributed by atoms with Crippen molar-refractivity contribution in [2.24, 2.45) is 7.05 Å². The molecule has 1 fully saturated rings. The molecule has 0 saturated carbocycles. The van der Waals surface area contributed by atoms with Gasteiger partial charge in [0.25, 0.3) is 0 Å². The first-order valence-electron chi connectivity index (χ1n) is 13.8. The monoisotopic (exact) mass is 576 g/mol. The first kappa shape index (κ1) is 27.9. The van der Waals surface area contributed by atoms with Gasteiger partial charge in [-0.15, -0.1) is 0 Å². The van der Waals surface area contributed by atoms with Gasteiger partial charge in [-0.3, -0.25) is 0 Å². The Morgan fingerprint density at radius 1 is 0.674 bits per heavy atom. The Bertz CT molecular complexity index is 1740. The molecule has 9 heteroatoms. The van der Waals surface area contributed by atoms with Gasteiger partial charge in [0.05, 0.1) is 27.7 Å². The average molecular weight is 577 g/mol. The lowest BCUT2D eigenvalue weighted by molar-refractivity contribution is -0.0455. The fourth-order valence-corrected chi connectivity index (χ4v) is 5.11. The maximum atomic E-state index is 13.4. The molecule has 4 atom stereocenters. The number of para-hydroxylation sites is 2. The van der Waals surface area contributed by atoms with Crippen LogP contribution in [0.3, 0.4) is 0 Å². The number of hydrogen-bond donors (Lipinski definition) is 0. The molecule has 0 radical (unpaired) electrons. The summed E-state index contributed by atoms with van der Waals surface area (Å²) in [5, 5.41) is 0. The molecule has 1 aromatic heterocycles. The van der Waals surface area contributed by atoms with Crippen LogP contribution < -0.4 is 0 Å². The summed E-state index contributed by atoms with van der Waals surface area (Å²) in [5.74, 6) is -1.37. The van der Waals surface area contributed by atoms with Gasteiger partial charge in [0.1, 0.15) is 18.5 Å². The summed E-state index contributed by atoms with van der Waals surface area (Å²) in [5.41, 5.74) is 2.54. The minimum Gasteiger partial charge on any atom is -0.459 e. The van der Waals surface area contributed by atoms with Crippen LogP contribution in [-0.2, 0) is 26.0 Å². The highest BCUT2D eigenvalue weighted by Crippen LogP contribution is 2.39. The van der Waals surface area contributed by atoms with Gasteiger partial charge in [0, 0.05) is 7.05 Å². The third-order valence-electron chi connectivity index (χ3n) is 7.28. The topological polar surface area (TPSA) is 106 Å². The number of carbonyl (C=O) groups is 3. The Morgan fingerprint density at radius 3 is 1.72 bits per heavy atom. The lowest BCUT2D eigenvalue weighted by atomic mass is 10.1. The van der Waals surface area contributed by atoms with Crippen LogP contribution in [-0.4, -0.2) is 52.4 Å². The molecule has 1 saturated heterocycles. The summed E-state index contributed by atoms with van der Waals surface area (Å²) in [6, 6.07) is 33.0. The van der Waals surface area contributed by atoms with Crippen molar-refractivity contribution in [2.75, 3.05) is 6.61 Å². The summed E-state index contributed by atoms with van der Waals surface area (Å²) in [6.45, 7) is -0.264. The van der Waals surface area contributed by atoms with E-state index in [2.05, 4.69) is 0 Å². The van der Waals surface area contributed by atoms with E-state index < -0.39 is 42.3 Å². The second kappa shape index (κ2) is 12.3. The number of aromatic nitrogens is 2. The lowest BCUT2D eigenvalue weighted by Gasteiger charge is -2.24. The van der Waals surface area contributed by atoms with E-state index in [0.717, 1.165) is 5.52 Å². The quantitative estimate of drug-likeness (QED) is 0.181. The van der Waals surface area contributed by atoms with E-state index in [9.17, 15) is 14.4 Å². The summed E-state index contributed by atoms with van der Waals surface area (Å²) < 4.78 is 25.9. The minimum absolute atomic E-state index is 0.264. The Balaban J connectivity index is 1.37. The highest BCUT2D eigenvalue weighted by molar-refractivity contribution is 5.91. The lowest BCUT2D eigenvalue weighted by Crippen LogP contribution is -2.41. The molecule has 1 aliphatic rings. The van der Waals surface area contributed by atoms with Crippen LogP contribution >= 0.6 is 0 Å². The summed E-state index contributed by atoms with van der Waals surface area (Å²) in [7, 11) is 1.83. The highest BCUT2D eigenvalue weighted by atomic mass is 16.6. The van der Waals surface area contributed by atoms with Crippen molar-refractivity contribution in [3.05, 3.63) is 138 Å². The first-order valence-corrected chi connectivity index (χ1v) is 13.8. The van der Waals surface area contributed by atoms with E-state index in [0.29, 0.717) is 28.0 Å². The van der Waals surface area contributed by atoms with Crippen molar-refractivity contribution < 1.29 is 33.3 Å². The third kappa shape index (κ3) is 5.89. The molecule has 2 heterocycles. The van der Waals surface area contributed by atoms with Crippen LogP contribution in [0.5, 0.6) is 0 Å². The Morgan fingerprint density at radius 2 is 1.16 bits per heavy atom. The second-order valence-electron chi connectivity index (χ2n) is 10.0. The summed E-state index contributed by atoms with van der Waals surface area (Å²) in [6.07, 6.45) is -4.16. The summed E-state index contributed by atoms with van der Waals surface area (Å²) >= 11 is 0. The molecule has 0 N–H and O–H groups in total. The molecule has 216 valence electrons. The molecule has 5 aromatic rings. The fourth-order valence-electron chi connectivity index (χ4n) is 5.11. The van der Waals surface area contributed by atoms with E-state index in [4.69, 9.17) is 23.9 Å². The van der Waals surface area contributed by atoms with Crippen molar-refractivity contribution in [1.29, 1.82) is 0 Å². The fraction of sp³-hybridized carbons (Fsp3) is 0.176. The van der Waals surface area contributed by atoms with Gasteiger partial charge in [0.15, 0.2) is 18.3 Å². The maximum absolute atomic E-state index is 13.4. The first-order chi connectivity index (χ1) is 21.0. The number of imidazole rings is 1. The zero-order valence-corrected chi connectivity index (χ0v) is 23.2. The van der Waals surface area contributed by atoms with E-state index >= 15 is 0 Å². The van der Waals surface area contributed by atoms with E-state index in [-0.39, 0.29) is 6.61 Å². The molecular formula is C34H28N2O7. The Labute approximate surface area is 247 Å². The normalized spacial score (nSPS) is 19.6. The van der Waals surface area contributed by atoms with Gasteiger partial charge < -0.3 is 23.5 Å². The van der Waals surface area contributed by atoms with Gasteiger partial charge >= 0.3 is 17.9 Å². The minimum atomic E-state index is -1.13. The van der Waals surface area contributed by atoms with Gasteiger partial charge in [0.2, 0.25) is 0 Å². The maximum Gasteiger partial charge on any atom is 0.338 e. The summed E-state index contributed by atoms with van der Waals surface area (Å²) in [4.78, 5) is 44.3. The molecule has 0 bridgehead atoms. The SMILES string of the molecule is Cn1c([C@@H]2O[C@H](COC(=O)c3ccccc3)[C@@H](OC(=O)c3ccccc3)[C@H]2OC(=O)c2ccccc2)nc2ccccc21. The molecule has 9 nitrogen and oxygen atoms in total. The molecule has 0 amide bonds. The average Bonchev–Trinajstić information content (AvgIpc) is 3.57. The van der Waals surface area contributed by atoms with Gasteiger partial charge in [-0.05, 0) is 48.5 Å². The molecule has 1 aliphatic heterocycles. The highest BCUT2D eigenvalue weighted by Gasteiger charge is 2.52. The molecule has 6 rings (SSSR count). The number of carbonyl (C=O) groups excluding carboxylic acids is 3. The van der Waals surface area contributed by atoms with Crippen LogP contribution in [0, 0.1) is 0 Å². The van der Waals surface area contributed by atoms with E-state index in [1.54, 1.807) is 91.0 Å². The molecule has 0 aliphatic carbocycles. The molecule has 0 unspecified atom stereocenters. The van der Waals surface area contributed by atoms with Crippen LogP contribution in [0.15, 0.2) is 115 Å².